The van der Waals surface area contributed by atoms with E-state index in [1.165, 1.54) is 25.7 Å². The number of ether oxygens (including phenoxy) is 1. The number of guanidine groups is 2. The molecule has 3 rings (SSSR count). The molecule has 0 saturated carbocycles. The lowest BCUT2D eigenvalue weighted by atomic mass is 9.92. The molecule has 0 unspecified atom stereocenters. The number of nitrogens with zero attached hydrogens (tertiary/aromatic N) is 2. The third kappa shape index (κ3) is 11.7. The van der Waals surface area contributed by atoms with Gasteiger partial charge in [-0.1, -0.05) is 39.5 Å². The minimum Gasteiger partial charge on any atom is -0.494 e. The van der Waals surface area contributed by atoms with Crippen molar-refractivity contribution in [2.24, 2.45) is 10.4 Å². The number of unbranched alkanes of at least 4 members (excludes halogenated alkanes) is 6. The molecular weight excluding hydrogens is 464 g/mol. The highest BCUT2D eigenvalue weighted by Gasteiger charge is 2.22. The van der Waals surface area contributed by atoms with Crippen molar-refractivity contribution < 1.29 is 4.74 Å². The lowest BCUT2D eigenvalue weighted by Gasteiger charge is -2.29. The van der Waals surface area contributed by atoms with Crippen molar-refractivity contribution in [2.45, 2.75) is 65.2 Å². The summed E-state index contributed by atoms with van der Waals surface area (Å²) in [5.41, 5.74) is 1.32. The minimum absolute atomic E-state index is 0.217. The van der Waals surface area contributed by atoms with Crippen molar-refractivity contribution in [2.75, 3.05) is 52.4 Å². The van der Waals surface area contributed by atoms with Gasteiger partial charge < -0.3 is 30.9 Å². The average Bonchev–Trinajstić information content (AvgIpc) is 3.73. The molecule has 1 saturated heterocycles. The van der Waals surface area contributed by atoms with E-state index in [9.17, 15) is 0 Å². The molecule has 206 valence electrons. The normalized spacial score (nSPS) is 15.8. The van der Waals surface area contributed by atoms with Crippen LogP contribution in [0.1, 0.15) is 70.8 Å². The van der Waals surface area contributed by atoms with E-state index in [-0.39, 0.29) is 5.41 Å². The van der Waals surface area contributed by atoms with Crippen molar-refractivity contribution in [3.05, 3.63) is 29.8 Å². The maximum absolute atomic E-state index is 8.00. The minimum atomic E-state index is 0.217. The Kier molecular flexibility index (Phi) is 11.8. The molecule has 2 aliphatic rings. The smallest absolute Gasteiger partial charge is 0.191 e. The first-order valence-corrected chi connectivity index (χ1v) is 14.1. The van der Waals surface area contributed by atoms with Gasteiger partial charge in [0.2, 0.25) is 0 Å². The van der Waals surface area contributed by atoms with E-state index >= 15 is 0 Å². The van der Waals surface area contributed by atoms with Gasteiger partial charge in [0.1, 0.15) is 11.6 Å². The zero-order chi connectivity index (χ0) is 26.3. The van der Waals surface area contributed by atoms with Gasteiger partial charge in [0.05, 0.1) is 6.61 Å². The van der Waals surface area contributed by atoms with Gasteiger partial charge in [-0.05, 0) is 49.9 Å². The Morgan fingerprint density at radius 3 is 2.08 bits per heavy atom. The topological polar surface area (TPSA) is 120 Å². The van der Waals surface area contributed by atoms with Crippen LogP contribution in [0.4, 0.5) is 0 Å². The second-order valence-electron chi connectivity index (χ2n) is 10.9. The Balaban J connectivity index is 1.09. The van der Waals surface area contributed by atoms with Crippen LogP contribution in [0, 0.1) is 16.2 Å². The standard InChI is InChI=1S/C28H48N8O/c1-28(2)21-34-25(35-22-28)23-11-13-24(14-12-23)37-20-10-9-16-32-26(29)31-15-7-5-3-4-6-8-17-33-27(30)36-18-19-36/h11-14H,3-10,15-22H2,1-2H3,(H2,30,33)(H,34,35)(H3,29,31,32). The lowest BCUT2D eigenvalue weighted by molar-refractivity contribution is 0.307. The highest BCUT2D eigenvalue weighted by molar-refractivity contribution is 5.99. The fourth-order valence-electron chi connectivity index (χ4n) is 4.09. The molecule has 1 aromatic carbocycles. The first kappa shape index (κ1) is 28.6. The van der Waals surface area contributed by atoms with E-state index in [4.69, 9.17) is 15.6 Å². The first-order chi connectivity index (χ1) is 17.9. The van der Waals surface area contributed by atoms with Crippen LogP contribution in [0.3, 0.4) is 0 Å². The van der Waals surface area contributed by atoms with Gasteiger partial charge in [0, 0.05) is 56.8 Å². The summed E-state index contributed by atoms with van der Waals surface area (Å²) in [6.45, 7) is 11.5. The fourth-order valence-corrected chi connectivity index (χ4v) is 4.09. The van der Waals surface area contributed by atoms with Crippen LogP contribution in [-0.4, -0.2) is 75.1 Å². The molecule has 0 spiro atoms. The zero-order valence-corrected chi connectivity index (χ0v) is 22.9. The molecule has 0 aliphatic carbocycles. The summed E-state index contributed by atoms with van der Waals surface area (Å²) in [6.07, 6.45) is 9.02. The van der Waals surface area contributed by atoms with E-state index in [1.54, 1.807) is 0 Å². The summed E-state index contributed by atoms with van der Waals surface area (Å²) in [4.78, 5) is 6.70. The molecule has 0 aromatic heterocycles. The van der Waals surface area contributed by atoms with Crippen LogP contribution in [0.5, 0.6) is 5.75 Å². The van der Waals surface area contributed by atoms with E-state index in [2.05, 4.69) is 52.2 Å². The maximum atomic E-state index is 8.00. The van der Waals surface area contributed by atoms with Crippen molar-refractivity contribution in [1.82, 2.24) is 26.2 Å². The number of amidine groups is 1. The van der Waals surface area contributed by atoms with Gasteiger partial charge in [-0.25, -0.2) is 0 Å². The summed E-state index contributed by atoms with van der Waals surface area (Å²) in [5.74, 6) is 2.85. The molecule has 9 heteroatoms. The highest BCUT2D eigenvalue weighted by Crippen LogP contribution is 2.19. The van der Waals surface area contributed by atoms with Gasteiger partial charge in [0.15, 0.2) is 11.9 Å². The number of benzene rings is 1. The summed E-state index contributed by atoms with van der Waals surface area (Å²) < 4.78 is 5.87. The Morgan fingerprint density at radius 2 is 1.49 bits per heavy atom. The molecule has 1 fully saturated rings. The van der Waals surface area contributed by atoms with Crippen molar-refractivity contribution in [1.29, 1.82) is 10.8 Å². The number of aliphatic imine (C=N–C) groups is 1. The molecule has 9 nitrogen and oxygen atoms in total. The largest absolute Gasteiger partial charge is 0.494 e. The summed E-state index contributed by atoms with van der Waals surface area (Å²) in [7, 11) is 0. The Labute approximate surface area is 223 Å². The molecule has 0 amide bonds. The fraction of sp³-hybridized carbons (Fsp3) is 0.679. The molecule has 2 heterocycles. The number of hydrogen-bond donors (Lipinski definition) is 6. The van der Waals surface area contributed by atoms with Crippen LogP contribution in [0.25, 0.3) is 0 Å². The van der Waals surface area contributed by atoms with E-state index < -0.39 is 0 Å². The average molecular weight is 513 g/mol. The predicted molar refractivity (Wildman–Crippen MR) is 153 cm³/mol. The first-order valence-electron chi connectivity index (χ1n) is 14.1. The molecule has 0 atom stereocenters. The van der Waals surface area contributed by atoms with Gasteiger partial charge >= 0.3 is 0 Å². The third-order valence-electron chi connectivity index (χ3n) is 6.63. The monoisotopic (exact) mass is 512 g/mol. The molecule has 2 aliphatic heterocycles. The van der Waals surface area contributed by atoms with Crippen LogP contribution in [0.2, 0.25) is 0 Å². The highest BCUT2D eigenvalue weighted by atomic mass is 16.5. The van der Waals surface area contributed by atoms with E-state index in [0.717, 1.165) is 88.6 Å². The number of hydrogen-bond acceptors (Lipinski definition) is 5. The van der Waals surface area contributed by atoms with Crippen LogP contribution in [-0.2, 0) is 0 Å². The Hall–Kier alpha value is -2.97. The molecule has 37 heavy (non-hydrogen) atoms. The van der Waals surface area contributed by atoms with Crippen LogP contribution >= 0.6 is 0 Å². The molecule has 6 N–H and O–H groups in total. The SMILES string of the molecule is CC1(C)CN=C(c2ccc(OCCCCNC(=N)NCCCCCCCCNC(=N)N3CC3)cc2)NC1. The van der Waals surface area contributed by atoms with E-state index in [1.807, 2.05) is 17.0 Å². The summed E-state index contributed by atoms with van der Waals surface area (Å²) >= 11 is 0. The van der Waals surface area contributed by atoms with Gasteiger partial charge in [0.25, 0.3) is 0 Å². The number of rotatable bonds is 16. The van der Waals surface area contributed by atoms with Gasteiger partial charge in [-0.15, -0.1) is 0 Å². The summed E-state index contributed by atoms with van der Waals surface area (Å²) in [5, 5.41) is 28.7. The second kappa shape index (κ2) is 15.3. The lowest BCUT2D eigenvalue weighted by Crippen LogP contribution is -2.41. The molecular formula is C28H48N8O. The van der Waals surface area contributed by atoms with E-state index in [0.29, 0.717) is 18.5 Å². The van der Waals surface area contributed by atoms with Gasteiger partial charge in [-0.2, -0.15) is 0 Å². The Morgan fingerprint density at radius 1 is 0.892 bits per heavy atom. The van der Waals surface area contributed by atoms with Crippen molar-refractivity contribution in [3.63, 3.8) is 0 Å². The van der Waals surface area contributed by atoms with Crippen molar-refractivity contribution in [3.8, 4) is 5.75 Å². The molecule has 1 aromatic rings. The van der Waals surface area contributed by atoms with Crippen molar-refractivity contribution >= 4 is 17.8 Å². The predicted octanol–water partition coefficient (Wildman–Crippen LogP) is 3.52. The zero-order valence-electron chi connectivity index (χ0n) is 22.9. The maximum Gasteiger partial charge on any atom is 0.191 e. The van der Waals surface area contributed by atoms with Crippen LogP contribution < -0.4 is 26.0 Å². The number of nitrogens with one attached hydrogen (secondary N) is 6. The second-order valence-corrected chi connectivity index (χ2v) is 10.9. The van der Waals surface area contributed by atoms with Gasteiger partial charge in [-0.3, -0.25) is 15.8 Å². The summed E-state index contributed by atoms with van der Waals surface area (Å²) in [6, 6.07) is 8.15. The Bertz CT molecular complexity index is 863. The quantitative estimate of drug-likeness (QED) is 0.0873. The van der Waals surface area contributed by atoms with Crippen LogP contribution in [0.15, 0.2) is 29.3 Å². The third-order valence-corrected chi connectivity index (χ3v) is 6.63. The molecule has 0 radical (unpaired) electrons. The molecule has 0 bridgehead atoms.